The van der Waals surface area contributed by atoms with Crippen LogP contribution < -0.4 is 10.6 Å². The van der Waals surface area contributed by atoms with Crippen LogP contribution in [0.4, 0.5) is 4.79 Å². The highest BCUT2D eigenvalue weighted by atomic mass is 16.5. The molecule has 1 aromatic carbocycles. The van der Waals surface area contributed by atoms with Gasteiger partial charge < -0.3 is 20.3 Å². The lowest BCUT2D eigenvalue weighted by molar-refractivity contribution is 0.142. The fraction of sp³-hybridized carbons (Fsp3) is 0.588. The van der Waals surface area contributed by atoms with E-state index in [0.29, 0.717) is 13.2 Å². The fourth-order valence-corrected chi connectivity index (χ4v) is 2.68. The molecule has 1 heterocycles. The van der Waals surface area contributed by atoms with Crippen molar-refractivity contribution in [1.29, 1.82) is 0 Å². The molecule has 0 spiro atoms. The highest BCUT2D eigenvalue weighted by Gasteiger charge is 2.21. The van der Waals surface area contributed by atoms with Crippen LogP contribution in [-0.2, 0) is 4.74 Å². The lowest BCUT2D eigenvalue weighted by atomic mass is 10.1. The smallest absolute Gasteiger partial charge is 0.315 e. The Morgan fingerprint density at radius 2 is 1.91 bits per heavy atom. The molecule has 2 amide bonds. The summed E-state index contributed by atoms with van der Waals surface area (Å²) in [5.74, 6) is 0. The molecule has 1 atom stereocenters. The van der Waals surface area contributed by atoms with Crippen molar-refractivity contribution in [2.45, 2.75) is 6.04 Å². The Morgan fingerprint density at radius 3 is 2.57 bits per heavy atom. The molecule has 0 aliphatic carbocycles. The minimum atomic E-state index is -0.148. The number of rotatable bonds is 7. The van der Waals surface area contributed by atoms with Crippen molar-refractivity contribution in [3.8, 4) is 0 Å². The number of carbonyl (C=O) groups is 1. The molecule has 0 saturated carbocycles. The maximum atomic E-state index is 12.1. The molecule has 1 aliphatic heterocycles. The molecule has 2 N–H and O–H groups in total. The average molecular weight is 320 g/mol. The summed E-state index contributed by atoms with van der Waals surface area (Å²) in [6.45, 7) is 6.07. The second kappa shape index (κ2) is 9.50. The summed E-state index contributed by atoms with van der Waals surface area (Å²) in [5.41, 5.74) is 1.13. The zero-order chi connectivity index (χ0) is 16.5. The molecule has 1 aromatic rings. The van der Waals surface area contributed by atoms with E-state index in [9.17, 15) is 4.79 Å². The van der Waals surface area contributed by atoms with Gasteiger partial charge in [-0.15, -0.1) is 0 Å². The summed E-state index contributed by atoms with van der Waals surface area (Å²) in [6.07, 6.45) is 0. The van der Waals surface area contributed by atoms with Crippen LogP contribution >= 0.6 is 0 Å². The molecule has 1 unspecified atom stereocenters. The Morgan fingerprint density at radius 1 is 1.22 bits per heavy atom. The second-order valence-corrected chi connectivity index (χ2v) is 5.96. The van der Waals surface area contributed by atoms with Gasteiger partial charge in [-0.2, -0.15) is 0 Å². The Kier molecular flexibility index (Phi) is 7.32. The fourth-order valence-electron chi connectivity index (χ4n) is 2.68. The van der Waals surface area contributed by atoms with E-state index in [2.05, 4.69) is 39.6 Å². The van der Waals surface area contributed by atoms with E-state index in [1.807, 2.05) is 18.2 Å². The molecule has 0 radical (unpaired) electrons. The number of nitrogens with zero attached hydrogens (tertiary/aromatic N) is 2. The van der Waals surface area contributed by atoms with Crippen molar-refractivity contribution in [3.63, 3.8) is 0 Å². The van der Waals surface area contributed by atoms with Crippen LogP contribution in [0.1, 0.15) is 11.6 Å². The van der Waals surface area contributed by atoms with E-state index in [1.54, 1.807) is 7.11 Å². The number of carbonyl (C=O) groups excluding carboxylic acids is 1. The first-order valence-corrected chi connectivity index (χ1v) is 8.18. The third kappa shape index (κ3) is 6.17. The lowest BCUT2D eigenvalue weighted by Gasteiger charge is -2.35. The molecule has 2 rings (SSSR count). The van der Waals surface area contributed by atoms with Gasteiger partial charge >= 0.3 is 6.03 Å². The molecule has 23 heavy (non-hydrogen) atoms. The van der Waals surface area contributed by atoms with Gasteiger partial charge in [-0.1, -0.05) is 30.3 Å². The first-order valence-electron chi connectivity index (χ1n) is 8.18. The molecule has 6 nitrogen and oxygen atoms in total. The van der Waals surface area contributed by atoms with Gasteiger partial charge in [0.05, 0.1) is 12.6 Å². The number of piperazine rings is 1. The zero-order valence-corrected chi connectivity index (χ0v) is 14.1. The van der Waals surface area contributed by atoms with Gasteiger partial charge in [-0.25, -0.2) is 4.79 Å². The van der Waals surface area contributed by atoms with Crippen LogP contribution in [0.5, 0.6) is 0 Å². The molecular formula is C17H28N4O2. The molecule has 6 heteroatoms. The van der Waals surface area contributed by atoms with Crippen LogP contribution in [0.25, 0.3) is 0 Å². The Balaban J connectivity index is 1.93. The largest absolute Gasteiger partial charge is 0.383 e. The van der Waals surface area contributed by atoms with Gasteiger partial charge in [-0.05, 0) is 12.6 Å². The predicted molar refractivity (Wildman–Crippen MR) is 91.5 cm³/mol. The monoisotopic (exact) mass is 320 g/mol. The molecule has 0 bridgehead atoms. The third-order valence-corrected chi connectivity index (χ3v) is 4.14. The highest BCUT2D eigenvalue weighted by Crippen LogP contribution is 2.15. The SMILES string of the molecule is COCCNC(=O)NC(CN1CCN(C)CC1)c1ccccc1. The van der Waals surface area contributed by atoms with Gasteiger partial charge in [0.15, 0.2) is 0 Å². The van der Waals surface area contributed by atoms with Crippen molar-refractivity contribution in [2.75, 3.05) is 60.0 Å². The first kappa shape index (κ1) is 17.7. The van der Waals surface area contributed by atoms with Crippen molar-refractivity contribution < 1.29 is 9.53 Å². The molecule has 1 saturated heterocycles. The van der Waals surface area contributed by atoms with E-state index < -0.39 is 0 Å². The third-order valence-electron chi connectivity index (χ3n) is 4.14. The van der Waals surface area contributed by atoms with Gasteiger partial charge in [0.2, 0.25) is 0 Å². The van der Waals surface area contributed by atoms with Crippen LogP contribution in [0.3, 0.4) is 0 Å². The molecule has 128 valence electrons. The number of benzene rings is 1. The predicted octanol–water partition coefficient (Wildman–Crippen LogP) is 0.921. The summed E-state index contributed by atoms with van der Waals surface area (Å²) in [6, 6.07) is 9.99. The van der Waals surface area contributed by atoms with Gasteiger partial charge in [-0.3, -0.25) is 4.90 Å². The Bertz CT molecular complexity index is 461. The number of amides is 2. The Hall–Kier alpha value is -1.63. The maximum Gasteiger partial charge on any atom is 0.315 e. The van der Waals surface area contributed by atoms with E-state index in [1.165, 1.54) is 0 Å². The summed E-state index contributed by atoms with van der Waals surface area (Å²) < 4.78 is 4.96. The van der Waals surface area contributed by atoms with Crippen molar-refractivity contribution in [1.82, 2.24) is 20.4 Å². The van der Waals surface area contributed by atoms with Gasteiger partial charge in [0, 0.05) is 46.4 Å². The normalized spacial score (nSPS) is 17.7. The lowest BCUT2D eigenvalue weighted by Crippen LogP contribution is -2.49. The van der Waals surface area contributed by atoms with Crippen LogP contribution in [0, 0.1) is 0 Å². The number of hydrogen-bond donors (Lipinski definition) is 2. The number of likely N-dealkylation sites (N-methyl/N-ethyl adjacent to an activating group) is 1. The number of urea groups is 1. The molecule has 0 aromatic heterocycles. The van der Waals surface area contributed by atoms with Crippen molar-refractivity contribution in [3.05, 3.63) is 35.9 Å². The van der Waals surface area contributed by atoms with Crippen molar-refractivity contribution >= 4 is 6.03 Å². The van der Waals surface area contributed by atoms with Crippen LogP contribution in [0.15, 0.2) is 30.3 Å². The highest BCUT2D eigenvalue weighted by molar-refractivity contribution is 5.74. The molecule has 1 aliphatic rings. The molecule has 1 fully saturated rings. The van der Waals surface area contributed by atoms with E-state index in [0.717, 1.165) is 38.3 Å². The standard InChI is InChI=1S/C17H28N4O2/c1-20-9-11-21(12-10-20)14-16(15-6-4-3-5-7-15)19-17(22)18-8-13-23-2/h3-7,16H,8-14H2,1-2H3,(H2,18,19,22). The van der Waals surface area contributed by atoms with E-state index in [-0.39, 0.29) is 12.1 Å². The number of hydrogen-bond acceptors (Lipinski definition) is 4. The summed E-state index contributed by atoms with van der Waals surface area (Å²) in [5, 5.41) is 5.92. The van der Waals surface area contributed by atoms with Crippen molar-refractivity contribution in [2.24, 2.45) is 0 Å². The van der Waals surface area contributed by atoms with Gasteiger partial charge in [0.25, 0.3) is 0 Å². The van der Waals surface area contributed by atoms with Crippen LogP contribution in [0.2, 0.25) is 0 Å². The Labute approximate surface area is 138 Å². The average Bonchev–Trinajstić information content (AvgIpc) is 2.57. The second-order valence-electron chi connectivity index (χ2n) is 5.96. The quantitative estimate of drug-likeness (QED) is 0.734. The van der Waals surface area contributed by atoms with E-state index >= 15 is 0 Å². The minimum absolute atomic E-state index is 0.0119. The summed E-state index contributed by atoms with van der Waals surface area (Å²) in [7, 11) is 3.77. The summed E-state index contributed by atoms with van der Waals surface area (Å²) >= 11 is 0. The first-order chi connectivity index (χ1) is 11.2. The van der Waals surface area contributed by atoms with Crippen LogP contribution in [-0.4, -0.2) is 75.9 Å². The van der Waals surface area contributed by atoms with E-state index in [4.69, 9.17) is 4.74 Å². The maximum absolute atomic E-state index is 12.1. The topological polar surface area (TPSA) is 56.8 Å². The number of nitrogens with one attached hydrogen (secondary N) is 2. The summed E-state index contributed by atoms with van der Waals surface area (Å²) in [4.78, 5) is 16.8. The molecular weight excluding hydrogens is 292 g/mol. The minimum Gasteiger partial charge on any atom is -0.383 e. The number of methoxy groups -OCH3 is 1. The number of ether oxygens (including phenoxy) is 1. The zero-order valence-electron chi connectivity index (χ0n) is 14.1. The van der Waals surface area contributed by atoms with Gasteiger partial charge in [0.1, 0.15) is 0 Å².